The van der Waals surface area contributed by atoms with Gasteiger partial charge in [-0.15, -0.1) is 0 Å². The van der Waals surface area contributed by atoms with Gasteiger partial charge in [0.05, 0.1) is 28.9 Å². The number of nitrogens with one attached hydrogen (secondary N) is 2. The number of benzene rings is 3. The van der Waals surface area contributed by atoms with Gasteiger partial charge >= 0.3 is 0 Å². The van der Waals surface area contributed by atoms with Crippen molar-refractivity contribution in [1.82, 2.24) is 5.32 Å². The van der Waals surface area contributed by atoms with Crippen molar-refractivity contribution in [2.45, 2.75) is 24.2 Å². The first-order valence-electron chi connectivity index (χ1n) is 11.3. The van der Waals surface area contributed by atoms with Crippen LogP contribution in [-0.2, 0) is 26.0 Å². The number of carbonyl (C=O) groups is 3. The molecular formula is C26H25N3O6S. The molecule has 0 aromatic heterocycles. The molecule has 3 amide bonds. The van der Waals surface area contributed by atoms with E-state index in [2.05, 4.69) is 10.0 Å². The third-order valence-electron chi connectivity index (χ3n) is 5.71. The van der Waals surface area contributed by atoms with Crippen LogP contribution in [0.5, 0.6) is 5.75 Å². The van der Waals surface area contributed by atoms with E-state index in [0.717, 1.165) is 10.5 Å². The molecule has 0 unspecified atom stereocenters. The number of anilines is 2. The van der Waals surface area contributed by atoms with Crippen LogP contribution in [0.1, 0.15) is 28.8 Å². The maximum absolute atomic E-state index is 13.2. The first-order valence-corrected chi connectivity index (χ1v) is 12.8. The lowest BCUT2D eigenvalue weighted by Crippen LogP contribution is -2.29. The van der Waals surface area contributed by atoms with Crippen LogP contribution in [0.25, 0.3) is 0 Å². The van der Waals surface area contributed by atoms with Gasteiger partial charge < -0.3 is 10.1 Å². The number of hydrogen-bond donors (Lipinski definition) is 2. The Labute approximate surface area is 209 Å². The topological polar surface area (TPSA) is 122 Å². The highest BCUT2D eigenvalue weighted by Gasteiger charge is 2.33. The maximum atomic E-state index is 13.2. The molecule has 0 atom stereocenters. The number of nitrogens with zero attached hydrogens (tertiary/aromatic N) is 1. The average molecular weight is 508 g/mol. The Kier molecular flexibility index (Phi) is 7.35. The van der Waals surface area contributed by atoms with E-state index in [9.17, 15) is 22.8 Å². The minimum atomic E-state index is -4.18. The van der Waals surface area contributed by atoms with Crippen LogP contribution in [0.3, 0.4) is 0 Å². The maximum Gasteiger partial charge on any atom is 0.261 e. The Morgan fingerprint density at radius 2 is 1.61 bits per heavy atom. The molecule has 1 aliphatic heterocycles. The minimum absolute atomic E-state index is 0.0456. The van der Waals surface area contributed by atoms with E-state index in [4.69, 9.17) is 4.74 Å². The highest BCUT2D eigenvalue weighted by Crippen LogP contribution is 2.34. The van der Waals surface area contributed by atoms with Gasteiger partial charge in [0, 0.05) is 19.4 Å². The summed E-state index contributed by atoms with van der Waals surface area (Å²) >= 11 is 0. The predicted octanol–water partition coefficient (Wildman–Crippen LogP) is 3.12. The lowest BCUT2D eigenvalue weighted by Gasteiger charge is -2.19. The number of para-hydroxylation sites is 1. The zero-order chi connectivity index (χ0) is 25.7. The summed E-state index contributed by atoms with van der Waals surface area (Å²) in [6, 6.07) is 19.8. The fourth-order valence-corrected chi connectivity index (χ4v) is 4.99. The number of rotatable bonds is 9. The molecule has 3 aromatic rings. The fourth-order valence-electron chi connectivity index (χ4n) is 3.89. The Morgan fingerprint density at radius 1 is 0.944 bits per heavy atom. The number of carbonyl (C=O) groups excluding carboxylic acids is 3. The molecule has 0 spiro atoms. The third kappa shape index (κ3) is 5.38. The van der Waals surface area contributed by atoms with Crippen molar-refractivity contribution in [3.8, 4) is 5.75 Å². The molecule has 186 valence electrons. The van der Waals surface area contributed by atoms with Crippen molar-refractivity contribution in [2.24, 2.45) is 0 Å². The molecule has 10 heteroatoms. The van der Waals surface area contributed by atoms with Gasteiger partial charge in [-0.05, 0) is 42.3 Å². The smallest absolute Gasteiger partial charge is 0.261 e. The minimum Gasteiger partial charge on any atom is -0.495 e. The summed E-state index contributed by atoms with van der Waals surface area (Å²) in [5.74, 6) is -1.10. The van der Waals surface area contributed by atoms with Crippen LogP contribution in [0.2, 0.25) is 0 Å². The number of hydrogen-bond acceptors (Lipinski definition) is 6. The largest absolute Gasteiger partial charge is 0.495 e. The second-order valence-corrected chi connectivity index (χ2v) is 9.78. The number of imide groups is 1. The predicted molar refractivity (Wildman–Crippen MR) is 134 cm³/mol. The Hall–Kier alpha value is -4.18. The lowest BCUT2D eigenvalue weighted by atomic mass is 10.1. The molecule has 9 nitrogen and oxygen atoms in total. The molecular weight excluding hydrogens is 482 g/mol. The van der Waals surface area contributed by atoms with Crippen LogP contribution in [-0.4, -0.2) is 39.8 Å². The molecule has 1 aliphatic rings. The molecule has 0 aliphatic carbocycles. The molecule has 1 saturated heterocycles. The molecule has 1 fully saturated rings. The number of amides is 3. The Bertz CT molecular complexity index is 1390. The van der Waals surface area contributed by atoms with Gasteiger partial charge in [0.25, 0.3) is 15.9 Å². The number of ether oxygens (including phenoxy) is 1. The summed E-state index contributed by atoms with van der Waals surface area (Å²) in [7, 11) is -2.82. The lowest BCUT2D eigenvalue weighted by molar-refractivity contribution is -0.121. The normalized spacial score (nSPS) is 13.5. The van der Waals surface area contributed by atoms with E-state index < -0.39 is 27.7 Å². The van der Waals surface area contributed by atoms with Gasteiger partial charge in [0.15, 0.2) is 0 Å². The molecule has 0 bridgehead atoms. The second kappa shape index (κ2) is 10.6. The van der Waals surface area contributed by atoms with Crippen LogP contribution in [0.4, 0.5) is 11.4 Å². The summed E-state index contributed by atoms with van der Waals surface area (Å²) < 4.78 is 34.2. The Balaban J connectivity index is 1.55. The van der Waals surface area contributed by atoms with Crippen LogP contribution < -0.4 is 19.7 Å². The SMILES string of the molecule is COc1ccc(S(=O)(=O)Nc2ccccc2C(=O)NCCc2ccccc2)cc1N1C(=O)CCC1=O. The summed E-state index contributed by atoms with van der Waals surface area (Å²) in [6.45, 7) is 0.379. The van der Waals surface area contributed by atoms with Gasteiger partial charge in [-0.3, -0.25) is 19.1 Å². The van der Waals surface area contributed by atoms with E-state index in [1.54, 1.807) is 12.1 Å². The molecule has 36 heavy (non-hydrogen) atoms. The van der Waals surface area contributed by atoms with E-state index >= 15 is 0 Å². The molecule has 1 heterocycles. The van der Waals surface area contributed by atoms with Gasteiger partial charge in [-0.2, -0.15) is 0 Å². The zero-order valence-corrected chi connectivity index (χ0v) is 20.4. The molecule has 0 radical (unpaired) electrons. The number of sulfonamides is 1. The van der Waals surface area contributed by atoms with Crippen molar-refractivity contribution >= 4 is 39.1 Å². The highest BCUT2D eigenvalue weighted by molar-refractivity contribution is 7.92. The standard InChI is InChI=1S/C26H25N3O6S/c1-35-23-12-11-19(17-22(23)29-24(30)13-14-25(29)31)36(33,34)28-21-10-6-5-9-20(21)26(32)27-16-15-18-7-3-2-4-8-18/h2-12,17,28H,13-16H2,1H3,(H,27,32). The van der Waals surface area contributed by atoms with Crippen LogP contribution in [0.15, 0.2) is 77.7 Å². The van der Waals surface area contributed by atoms with E-state index in [1.165, 1.54) is 37.4 Å². The van der Waals surface area contributed by atoms with E-state index in [0.29, 0.717) is 13.0 Å². The van der Waals surface area contributed by atoms with Crippen molar-refractivity contribution in [3.05, 3.63) is 83.9 Å². The molecule has 3 aromatic carbocycles. The summed E-state index contributed by atoms with van der Waals surface area (Å²) in [5.41, 5.74) is 1.38. The monoisotopic (exact) mass is 507 g/mol. The quantitative estimate of drug-likeness (QED) is 0.429. The van der Waals surface area contributed by atoms with E-state index in [1.807, 2.05) is 30.3 Å². The van der Waals surface area contributed by atoms with Crippen molar-refractivity contribution in [2.75, 3.05) is 23.3 Å². The first-order chi connectivity index (χ1) is 17.3. The number of methoxy groups -OCH3 is 1. The zero-order valence-electron chi connectivity index (χ0n) is 19.6. The van der Waals surface area contributed by atoms with Gasteiger partial charge in [0.2, 0.25) is 11.8 Å². The molecule has 2 N–H and O–H groups in total. The fraction of sp³-hybridized carbons (Fsp3) is 0.192. The van der Waals surface area contributed by atoms with Crippen molar-refractivity contribution in [3.63, 3.8) is 0 Å². The summed E-state index contributed by atoms with van der Waals surface area (Å²) in [6.07, 6.45) is 0.719. The first kappa shape index (κ1) is 24.9. The molecule has 4 rings (SSSR count). The van der Waals surface area contributed by atoms with Gasteiger partial charge in [-0.1, -0.05) is 42.5 Å². The average Bonchev–Trinajstić information content (AvgIpc) is 3.21. The van der Waals surface area contributed by atoms with E-state index in [-0.39, 0.29) is 40.4 Å². The molecule has 0 saturated carbocycles. The summed E-state index contributed by atoms with van der Waals surface area (Å²) in [4.78, 5) is 38.0. The van der Waals surface area contributed by atoms with Crippen molar-refractivity contribution < 1.29 is 27.5 Å². The Morgan fingerprint density at radius 3 is 2.31 bits per heavy atom. The highest BCUT2D eigenvalue weighted by atomic mass is 32.2. The van der Waals surface area contributed by atoms with Crippen molar-refractivity contribution in [1.29, 1.82) is 0 Å². The van der Waals surface area contributed by atoms with Gasteiger partial charge in [0.1, 0.15) is 5.75 Å². The second-order valence-electron chi connectivity index (χ2n) is 8.10. The third-order valence-corrected chi connectivity index (χ3v) is 7.07. The summed E-state index contributed by atoms with van der Waals surface area (Å²) in [5, 5.41) is 2.81. The van der Waals surface area contributed by atoms with Gasteiger partial charge in [-0.25, -0.2) is 13.3 Å². The van der Waals surface area contributed by atoms with Crippen LogP contribution >= 0.6 is 0 Å². The van der Waals surface area contributed by atoms with Crippen LogP contribution in [0, 0.1) is 0 Å².